The van der Waals surface area contributed by atoms with E-state index >= 15 is 0 Å². The molecule has 0 saturated carbocycles. The van der Waals surface area contributed by atoms with E-state index in [2.05, 4.69) is 19.7 Å². The molecule has 0 bridgehead atoms. The molecule has 0 amide bonds. The molecule has 0 aliphatic heterocycles. The lowest BCUT2D eigenvalue weighted by atomic mass is 10.1. The smallest absolute Gasteiger partial charge is 0.305 e. The minimum absolute atomic E-state index is 0.109. The summed E-state index contributed by atoms with van der Waals surface area (Å²) in [5.74, 6) is 0.238. The van der Waals surface area contributed by atoms with Crippen molar-refractivity contribution in [3.05, 3.63) is 71.4 Å². The zero-order chi connectivity index (χ0) is 23.6. The van der Waals surface area contributed by atoms with Gasteiger partial charge in [-0.15, -0.1) is 0 Å². The van der Waals surface area contributed by atoms with Gasteiger partial charge in [-0.25, -0.2) is 27.3 Å². The van der Waals surface area contributed by atoms with E-state index < -0.39 is 10.0 Å². The molecular formula is C23H21ClN4O4S. The molecule has 10 heteroatoms. The summed E-state index contributed by atoms with van der Waals surface area (Å²) in [4.78, 5) is 24.4. The normalized spacial score (nSPS) is 11.6. The first-order valence-corrected chi connectivity index (χ1v) is 12.0. The lowest BCUT2D eigenvalue weighted by molar-refractivity contribution is -0.140. The van der Waals surface area contributed by atoms with Crippen molar-refractivity contribution in [3.63, 3.8) is 0 Å². The number of carbonyl (C=O) groups excluding carboxylic acids is 1. The first-order chi connectivity index (χ1) is 15.8. The van der Waals surface area contributed by atoms with Gasteiger partial charge in [0.1, 0.15) is 11.0 Å². The first kappa shape index (κ1) is 22.9. The van der Waals surface area contributed by atoms with Gasteiger partial charge in [0.2, 0.25) is 0 Å². The van der Waals surface area contributed by atoms with Gasteiger partial charge < -0.3 is 4.74 Å². The maximum atomic E-state index is 13.8. The Morgan fingerprint density at radius 1 is 1.12 bits per heavy atom. The number of ether oxygens (including phenoxy) is 1. The highest BCUT2D eigenvalue weighted by molar-refractivity contribution is 7.90. The molecule has 8 nitrogen and oxygen atoms in total. The average molecular weight is 485 g/mol. The number of halogens is 1. The summed E-state index contributed by atoms with van der Waals surface area (Å²) in [7, 11) is -2.67. The Bertz CT molecular complexity index is 1450. The molecule has 0 fully saturated rings. The Kier molecular flexibility index (Phi) is 6.44. The maximum Gasteiger partial charge on any atom is 0.305 e. The van der Waals surface area contributed by atoms with Crippen molar-refractivity contribution < 1.29 is 17.9 Å². The van der Waals surface area contributed by atoms with E-state index in [0.717, 1.165) is 0 Å². The van der Waals surface area contributed by atoms with Gasteiger partial charge in [-0.1, -0.05) is 23.7 Å². The highest BCUT2D eigenvalue weighted by Gasteiger charge is 2.24. The number of rotatable bonds is 7. The number of hydrogen-bond donors (Lipinski definition) is 0. The molecule has 4 rings (SSSR count). The molecular weight excluding hydrogens is 464 g/mol. The zero-order valence-corrected chi connectivity index (χ0v) is 19.6. The molecule has 0 saturated heterocycles. The van der Waals surface area contributed by atoms with Crippen molar-refractivity contribution in [2.24, 2.45) is 0 Å². The van der Waals surface area contributed by atoms with Crippen LogP contribution in [0.5, 0.6) is 0 Å². The van der Waals surface area contributed by atoms with Crippen molar-refractivity contribution in [2.75, 3.05) is 7.11 Å². The van der Waals surface area contributed by atoms with E-state index in [4.69, 9.17) is 11.6 Å². The Labute approximate surface area is 196 Å². The number of fused-ring (bicyclic) bond motifs is 1. The number of benzene rings is 1. The van der Waals surface area contributed by atoms with E-state index in [1.165, 1.54) is 11.1 Å². The molecule has 0 spiro atoms. The van der Waals surface area contributed by atoms with Crippen LogP contribution in [0.2, 0.25) is 5.15 Å². The monoisotopic (exact) mass is 484 g/mol. The molecule has 1 aromatic carbocycles. The lowest BCUT2D eigenvalue weighted by Crippen LogP contribution is -2.16. The van der Waals surface area contributed by atoms with Gasteiger partial charge in [0.05, 0.1) is 28.7 Å². The molecule has 33 heavy (non-hydrogen) atoms. The third-order valence-electron chi connectivity index (χ3n) is 5.14. The van der Waals surface area contributed by atoms with Crippen molar-refractivity contribution in [2.45, 2.75) is 31.1 Å². The first-order valence-electron chi connectivity index (χ1n) is 10.2. The highest BCUT2D eigenvalue weighted by Crippen LogP contribution is 2.29. The molecule has 3 aromatic heterocycles. The number of aryl methyl sites for hydroxylation is 2. The Hall–Kier alpha value is -3.30. The van der Waals surface area contributed by atoms with E-state index in [1.54, 1.807) is 61.7 Å². The minimum atomic E-state index is -3.99. The summed E-state index contributed by atoms with van der Waals surface area (Å²) in [6.45, 7) is 1.77. The van der Waals surface area contributed by atoms with Crippen LogP contribution in [0.25, 0.3) is 22.3 Å². The SMILES string of the molecule is COC(=O)CCCc1cc2nc(Cl)ccc2n1S(=O)(=O)c1cccc(-c2ccnc(C)n2)c1. The second-order valence-electron chi connectivity index (χ2n) is 7.39. The van der Waals surface area contributed by atoms with Crippen LogP contribution in [0, 0.1) is 6.92 Å². The van der Waals surface area contributed by atoms with E-state index in [1.807, 2.05) is 0 Å². The summed E-state index contributed by atoms with van der Waals surface area (Å²) in [5, 5.41) is 0.263. The Morgan fingerprint density at radius 3 is 2.70 bits per heavy atom. The van der Waals surface area contributed by atoms with E-state index in [9.17, 15) is 13.2 Å². The molecule has 0 aliphatic carbocycles. The Balaban J connectivity index is 1.81. The summed E-state index contributed by atoms with van der Waals surface area (Å²) in [6.07, 6.45) is 2.57. The molecule has 0 N–H and O–H groups in total. The second-order valence-corrected chi connectivity index (χ2v) is 9.56. The van der Waals surface area contributed by atoms with Crippen LogP contribution in [-0.2, 0) is 26.0 Å². The number of esters is 1. The van der Waals surface area contributed by atoms with Gasteiger partial charge in [-0.2, -0.15) is 0 Å². The number of aromatic nitrogens is 4. The molecule has 0 unspecified atom stereocenters. The molecule has 0 aliphatic rings. The molecule has 170 valence electrons. The van der Waals surface area contributed by atoms with Gasteiger partial charge in [0.15, 0.2) is 0 Å². The number of pyridine rings is 1. The third kappa shape index (κ3) is 4.74. The quantitative estimate of drug-likeness (QED) is 0.286. The van der Waals surface area contributed by atoms with Gasteiger partial charge in [0, 0.05) is 23.9 Å². The second kappa shape index (κ2) is 9.29. The average Bonchev–Trinajstić information content (AvgIpc) is 3.17. The van der Waals surface area contributed by atoms with Crippen LogP contribution in [0.3, 0.4) is 0 Å². The van der Waals surface area contributed by atoms with Crippen LogP contribution in [0.4, 0.5) is 0 Å². The predicted octanol–water partition coefficient (Wildman–Crippen LogP) is 4.19. The lowest BCUT2D eigenvalue weighted by Gasteiger charge is -2.13. The van der Waals surface area contributed by atoms with Gasteiger partial charge in [-0.3, -0.25) is 4.79 Å². The summed E-state index contributed by atoms with van der Waals surface area (Å²) in [6, 6.07) is 13.2. The van der Waals surface area contributed by atoms with Crippen LogP contribution in [-0.4, -0.2) is 40.4 Å². The maximum absolute atomic E-state index is 13.8. The van der Waals surface area contributed by atoms with E-state index in [0.29, 0.717) is 46.7 Å². The summed E-state index contributed by atoms with van der Waals surface area (Å²) in [5.41, 5.74) is 2.67. The summed E-state index contributed by atoms with van der Waals surface area (Å²) >= 11 is 6.03. The van der Waals surface area contributed by atoms with Gasteiger partial charge in [0.25, 0.3) is 10.0 Å². The van der Waals surface area contributed by atoms with Crippen molar-refractivity contribution >= 4 is 38.6 Å². The fourth-order valence-corrected chi connectivity index (χ4v) is 5.36. The van der Waals surface area contributed by atoms with Crippen LogP contribution in [0.15, 0.2) is 59.6 Å². The number of nitrogens with zero attached hydrogens (tertiary/aromatic N) is 4. The fraction of sp³-hybridized carbons (Fsp3) is 0.217. The number of carbonyl (C=O) groups is 1. The Morgan fingerprint density at radius 2 is 1.94 bits per heavy atom. The largest absolute Gasteiger partial charge is 0.469 e. The topological polar surface area (TPSA) is 104 Å². The van der Waals surface area contributed by atoms with Crippen LogP contribution < -0.4 is 0 Å². The molecule has 4 aromatic rings. The van der Waals surface area contributed by atoms with E-state index in [-0.39, 0.29) is 22.4 Å². The van der Waals surface area contributed by atoms with Gasteiger partial charge in [-0.05, 0) is 56.2 Å². The fourth-order valence-electron chi connectivity index (χ4n) is 3.60. The number of methoxy groups -OCH3 is 1. The van der Waals surface area contributed by atoms with Crippen LogP contribution >= 0.6 is 11.6 Å². The molecule has 0 radical (unpaired) electrons. The van der Waals surface area contributed by atoms with Gasteiger partial charge >= 0.3 is 5.97 Å². The minimum Gasteiger partial charge on any atom is -0.469 e. The van der Waals surface area contributed by atoms with Crippen molar-refractivity contribution in [3.8, 4) is 11.3 Å². The van der Waals surface area contributed by atoms with Crippen molar-refractivity contribution in [1.82, 2.24) is 18.9 Å². The van der Waals surface area contributed by atoms with Crippen molar-refractivity contribution in [1.29, 1.82) is 0 Å². The predicted molar refractivity (Wildman–Crippen MR) is 124 cm³/mol. The zero-order valence-electron chi connectivity index (χ0n) is 18.0. The molecule has 0 atom stereocenters. The summed E-state index contributed by atoms with van der Waals surface area (Å²) < 4.78 is 33.6. The highest BCUT2D eigenvalue weighted by atomic mass is 35.5. The number of hydrogen-bond acceptors (Lipinski definition) is 7. The standard InChI is InChI=1S/C23H21ClN4O4S/c1-15-25-12-11-19(26-15)16-5-3-7-18(13-16)33(30,31)28-17(6-4-8-23(29)32-2)14-20-21(28)9-10-22(24)27-20/h3,5,7,9-14H,4,6,8H2,1-2H3. The third-order valence-corrected chi connectivity index (χ3v) is 7.11. The molecule has 3 heterocycles. The van der Waals surface area contributed by atoms with Crippen LogP contribution in [0.1, 0.15) is 24.4 Å².